The number of carbonyl (C=O) groups excluding carboxylic acids is 1. The first kappa shape index (κ1) is 19.7. The zero-order chi connectivity index (χ0) is 21.2. The van der Waals surface area contributed by atoms with Crippen molar-refractivity contribution in [1.29, 1.82) is 0 Å². The van der Waals surface area contributed by atoms with Crippen LogP contribution in [0.2, 0.25) is 0 Å². The topological polar surface area (TPSA) is 72.3 Å². The molecule has 0 saturated carbocycles. The van der Waals surface area contributed by atoms with Crippen molar-refractivity contribution in [3.05, 3.63) is 60.2 Å². The van der Waals surface area contributed by atoms with Gasteiger partial charge in [-0.1, -0.05) is 24.3 Å². The van der Waals surface area contributed by atoms with Crippen molar-refractivity contribution in [3.63, 3.8) is 0 Å². The number of benzene rings is 2. The number of morpholine rings is 1. The molecule has 2 aromatic carbocycles. The fraction of sp³-hybridized carbons (Fsp3) is 0.261. The van der Waals surface area contributed by atoms with E-state index in [1.807, 2.05) is 60.0 Å². The standard InChI is InChI=1S/C23H23N5O2S/c1-16(28-15-24-19-4-2-3-5-21(19)28)22(29)25-18-8-6-17(7-9-18)20-14-31-23(26-20)27-10-12-30-13-11-27/h2-9,14-16H,10-13H2,1H3,(H,25,29). The number of thiazole rings is 1. The van der Waals surface area contributed by atoms with E-state index in [0.717, 1.165) is 59.4 Å². The molecule has 2 aromatic heterocycles. The van der Waals surface area contributed by atoms with Gasteiger partial charge < -0.3 is 19.5 Å². The molecule has 0 spiro atoms. The van der Waals surface area contributed by atoms with Crippen LogP contribution in [0.5, 0.6) is 0 Å². The minimum atomic E-state index is -0.373. The molecule has 1 N–H and O–H groups in total. The van der Waals surface area contributed by atoms with Crippen LogP contribution in [0.1, 0.15) is 13.0 Å². The number of carbonyl (C=O) groups is 1. The first-order valence-corrected chi connectivity index (χ1v) is 11.2. The van der Waals surface area contributed by atoms with Crippen molar-refractivity contribution in [1.82, 2.24) is 14.5 Å². The summed E-state index contributed by atoms with van der Waals surface area (Å²) in [6, 6.07) is 15.3. The van der Waals surface area contributed by atoms with E-state index in [4.69, 9.17) is 9.72 Å². The van der Waals surface area contributed by atoms with Crippen LogP contribution in [0.15, 0.2) is 60.2 Å². The Bertz CT molecular complexity index is 1190. The molecule has 4 aromatic rings. The number of rotatable bonds is 5. The molecule has 8 heteroatoms. The van der Waals surface area contributed by atoms with Gasteiger partial charge in [0.2, 0.25) is 5.91 Å². The van der Waals surface area contributed by atoms with Crippen LogP contribution >= 0.6 is 11.3 Å². The normalized spacial score (nSPS) is 15.2. The zero-order valence-electron chi connectivity index (χ0n) is 17.2. The van der Waals surface area contributed by atoms with Gasteiger partial charge in [0.25, 0.3) is 0 Å². The fourth-order valence-electron chi connectivity index (χ4n) is 3.68. The lowest BCUT2D eigenvalue weighted by molar-refractivity contribution is -0.118. The van der Waals surface area contributed by atoms with Gasteiger partial charge in [-0.05, 0) is 31.2 Å². The van der Waals surface area contributed by atoms with Gasteiger partial charge in [-0.25, -0.2) is 9.97 Å². The number of ether oxygens (including phenoxy) is 1. The summed E-state index contributed by atoms with van der Waals surface area (Å²) < 4.78 is 7.30. The Balaban J connectivity index is 1.27. The molecule has 1 unspecified atom stereocenters. The number of fused-ring (bicyclic) bond motifs is 1. The van der Waals surface area contributed by atoms with E-state index in [1.165, 1.54) is 0 Å². The summed E-state index contributed by atoms with van der Waals surface area (Å²) >= 11 is 1.65. The third kappa shape index (κ3) is 4.04. The molecule has 158 valence electrons. The molecular weight excluding hydrogens is 410 g/mol. The van der Waals surface area contributed by atoms with Crippen molar-refractivity contribution in [3.8, 4) is 11.3 Å². The maximum atomic E-state index is 12.8. The number of aromatic nitrogens is 3. The van der Waals surface area contributed by atoms with Crippen LogP contribution < -0.4 is 10.2 Å². The first-order chi connectivity index (χ1) is 15.2. The maximum Gasteiger partial charge on any atom is 0.247 e. The van der Waals surface area contributed by atoms with Gasteiger partial charge in [0, 0.05) is 29.7 Å². The molecular formula is C23H23N5O2S. The molecule has 7 nitrogen and oxygen atoms in total. The Morgan fingerprint density at radius 3 is 2.71 bits per heavy atom. The predicted octanol–water partition coefficient (Wildman–Crippen LogP) is 4.20. The number of nitrogens with one attached hydrogen (secondary N) is 1. The molecule has 0 bridgehead atoms. The highest BCUT2D eigenvalue weighted by atomic mass is 32.1. The second-order valence-electron chi connectivity index (χ2n) is 7.50. The van der Waals surface area contributed by atoms with Crippen LogP contribution in [0.3, 0.4) is 0 Å². The Morgan fingerprint density at radius 2 is 1.90 bits per heavy atom. The van der Waals surface area contributed by atoms with Crippen LogP contribution in [0.25, 0.3) is 22.3 Å². The van der Waals surface area contributed by atoms with Crippen molar-refractivity contribution in [2.24, 2.45) is 0 Å². The Hall–Kier alpha value is -3.23. The zero-order valence-corrected chi connectivity index (χ0v) is 18.0. The minimum absolute atomic E-state index is 0.0841. The van der Waals surface area contributed by atoms with Crippen molar-refractivity contribution in [2.75, 3.05) is 36.5 Å². The summed E-state index contributed by atoms with van der Waals surface area (Å²) in [5, 5.41) is 6.10. The van der Waals surface area contributed by atoms with Crippen molar-refractivity contribution in [2.45, 2.75) is 13.0 Å². The molecule has 1 amide bonds. The maximum absolute atomic E-state index is 12.8. The van der Waals surface area contributed by atoms with Gasteiger partial charge >= 0.3 is 0 Å². The smallest absolute Gasteiger partial charge is 0.247 e. The second-order valence-corrected chi connectivity index (χ2v) is 8.33. The highest BCUT2D eigenvalue weighted by molar-refractivity contribution is 7.14. The quantitative estimate of drug-likeness (QED) is 0.511. The molecule has 1 aliphatic heterocycles. The number of hydrogen-bond acceptors (Lipinski definition) is 6. The number of amides is 1. The first-order valence-electron chi connectivity index (χ1n) is 10.3. The van der Waals surface area contributed by atoms with Gasteiger partial charge in [0.15, 0.2) is 5.13 Å². The molecule has 1 fully saturated rings. The lowest BCUT2D eigenvalue weighted by atomic mass is 10.1. The second kappa shape index (κ2) is 8.49. The predicted molar refractivity (Wildman–Crippen MR) is 124 cm³/mol. The summed E-state index contributed by atoms with van der Waals surface area (Å²) in [6.45, 7) is 5.12. The number of hydrogen-bond donors (Lipinski definition) is 1. The van der Waals surface area contributed by atoms with Gasteiger partial charge in [0.05, 0.1) is 36.3 Å². The monoisotopic (exact) mass is 433 g/mol. The van der Waals surface area contributed by atoms with E-state index in [-0.39, 0.29) is 11.9 Å². The molecule has 31 heavy (non-hydrogen) atoms. The van der Waals surface area contributed by atoms with Crippen LogP contribution in [0.4, 0.5) is 10.8 Å². The van der Waals surface area contributed by atoms with Gasteiger partial charge in [-0.3, -0.25) is 4.79 Å². The molecule has 3 heterocycles. The molecule has 0 aliphatic carbocycles. The third-order valence-electron chi connectivity index (χ3n) is 5.50. The van der Waals surface area contributed by atoms with Gasteiger partial charge in [-0.15, -0.1) is 11.3 Å². The summed E-state index contributed by atoms with van der Waals surface area (Å²) in [7, 11) is 0. The molecule has 5 rings (SSSR count). The summed E-state index contributed by atoms with van der Waals surface area (Å²) in [5.74, 6) is -0.0841. The summed E-state index contributed by atoms with van der Waals surface area (Å²) in [6.07, 6.45) is 1.71. The average molecular weight is 434 g/mol. The van der Waals surface area contributed by atoms with E-state index in [0.29, 0.717) is 0 Å². The van der Waals surface area contributed by atoms with E-state index in [9.17, 15) is 4.79 Å². The molecule has 1 aliphatic rings. The van der Waals surface area contributed by atoms with Gasteiger partial charge in [-0.2, -0.15) is 0 Å². The Labute approximate surface area is 184 Å². The highest BCUT2D eigenvalue weighted by Crippen LogP contribution is 2.29. The third-order valence-corrected chi connectivity index (χ3v) is 6.40. The lowest BCUT2D eigenvalue weighted by Crippen LogP contribution is -2.36. The summed E-state index contributed by atoms with van der Waals surface area (Å²) in [4.78, 5) is 24.2. The fourth-order valence-corrected chi connectivity index (χ4v) is 4.57. The number of nitrogens with zero attached hydrogens (tertiary/aromatic N) is 4. The number of anilines is 2. The minimum Gasteiger partial charge on any atom is -0.378 e. The Morgan fingerprint density at radius 1 is 1.13 bits per heavy atom. The lowest BCUT2D eigenvalue weighted by Gasteiger charge is -2.26. The average Bonchev–Trinajstić information content (AvgIpc) is 3.47. The van der Waals surface area contributed by atoms with E-state index in [2.05, 4.69) is 20.6 Å². The van der Waals surface area contributed by atoms with Crippen LogP contribution in [0, 0.1) is 0 Å². The molecule has 0 radical (unpaired) electrons. The van der Waals surface area contributed by atoms with Crippen LogP contribution in [-0.2, 0) is 9.53 Å². The van der Waals surface area contributed by atoms with Crippen molar-refractivity contribution >= 4 is 39.1 Å². The Kier molecular flexibility index (Phi) is 5.40. The van der Waals surface area contributed by atoms with E-state index >= 15 is 0 Å². The molecule has 1 atom stereocenters. The highest BCUT2D eigenvalue weighted by Gasteiger charge is 2.18. The largest absolute Gasteiger partial charge is 0.378 e. The SMILES string of the molecule is CC(C(=O)Nc1ccc(-c2csc(N3CCOCC3)n2)cc1)n1cnc2ccccc21. The van der Waals surface area contributed by atoms with Crippen LogP contribution in [-0.4, -0.2) is 46.7 Å². The number of imidazole rings is 1. The molecule has 1 saturated heterocycles. The van der Waals surface area contributed by atoms with Gasteiger partial charge in [0.1, 0.15) is 6.04 Å². The number of para-hydroxylation sites is 2. The van der Waals surface area contributed by atoms with E-state index in [1.54, 1.807) is 17.7 Å². The van der Waals surface area contributed by atoms with E-state index < -0.39 is 0 Å². The summed E-state index contributed by atoms with van der Waals surface area (Å²) in [5.41, 5.74) is 4.56. The van der Waals surface area contributed by atoms with Crippen molar-refractivity contribution < 1.29 is 9.53 Å².